The topological polar surface area (TPSA) is 114 Å². The van der Waals surface area contributed by atoms with Crippen LogP contribution in [0.3, 0.4) is 0 Å². The van der Waals surface area contributed by atoms with Crippen LogP contribution in [0.5, 0.6) is 0 Å². The van der Waals surface area contributed by atoms with E-state index < -0.39 is 35.0 Å². The third-order valence-corrected chi connectivity index (χ3v) is 4.53. The Balaban J connectivity index is 2.73. The second kappa shape index (κ2) is 8.72. The van der Waals surface area contributed by atoms with Gasteiger partial charge in [-0.05, 0) is 46.2 Å². The summed E-state index contributed by atoms with van der Waals surface area (Å²) in [5, 5.41) is 8.00. The molecular weight excluding hydrogens is 382 g/mol. The smallest absolute Gasteiger partial charge is 0.349 e. The molecule has 0 saturated carbocycles. The Morgan fingerprint density at radius 3 is 2.14 bits per heavy atom. The molecule has 0 aliphatic heterocycles. The molecule has 0 radical (unpaired) electrons. The number of esters is 1. The van der Waals surface area contributed by atoms with E-state index in [0.29, 0.717) is 10.6 Å². The van der Waals surface area contributed by atoms with E-state index in [-0.39, 0.29) is 10.8 Å². The molecule has 9 heteroatoms. The highest BCUT2D eigenvalue weighted by Gasteiger charge is 2.26. The average Bonchev–Trinajstić information content (AvgIpc) is 2.84. The van der Waals surface area contributed by atoms with Gasteiger partial charge in [-0.3, -0.25) is 14.9 Å². The van der Waals surface area contributed by atoms with Crippen molar-refractivity contribution in [3.8, 4) is 0 Å². The number of carbonyl (C=O) groups excluding carboxylic acids is 4. The largest absolute Gasteiger partial charge is 0.448 e. The molecule has 1 unspecified atom stereocenters. The van der Waals surface area contributed by atoms with E-state index in [1.807, 2.05) is 0 Å². The summed E-state index contributed by atoms with van der Waals surface area (Å²) in [6, 6.07) is 1.01. The number of thiophene rings is 1. The minimum atomic E-state index is -1.16. The lowest BCUT2D eigenvalue weighted by atomic mass is 9.96. The van der Waals surface area contributed by atoms with E-state index in [4.69, 9.17) is 4.74 Å². The number of urea groups is 1. The fourth-order valence-corrected chi connectivity index (χ4v) is 2.85. The maximum atomic E-state index is 12.4. The van der Waals surface area contributed by atoms with Crippen molar-refractivity contribution in [2.24, 2.45) is 5.41 Å². The molecule has 1 aromatic heterocycles. The third-order valence-electron chi connectivity index (χ3n) is 3.40. The average molecular weight is 412 g/mol. The Kier molecular flexibility index (Phi) is 7.36. The zero-order valence-electron chi connectivity index (χ0n) is 17.6. The van der Waals surface area contributed by atoms with Crippen molar-refractivity contribution in [3.63, 3.8) is 0 Å². The molecule has 28 heavy (non-hydrogen) atoms. The van der Waals surface area contributed by atoms with Gasteiger partial charge in [-0.2, -0.15) is 0 Å². The minimum Gasteiger partial charge on any atom is -0.448 e. The first-order valence-corrected chi connectivity index (χ1v) is 9.67. The molecule has 0 aromatic carbocycles. The number of nitrogens with one attached hydrogen (secondary N) is 3. The van der Waals surface area contributed by atoms with Crippen LogP contribution in [0.2, 0.25) is 0 Å². The van der Waals surface area contributed by atoms with Crippen LogP contribution in [0.15, 0.2) is 6.07 Å². The molecule has 1 aromatic rings. The van der Waals surface area contributed by atoms with Crippen LogP contribution in [0, 0.1) is 12.3 Å². The van der Waals surface area contributed by atoms with Gasteiger partial charge >= 0.3 is 12.0 Å². The molecule has 156 valence electrons. The fourth-order valence-electron chi connectivity index (χ4n) is 1.90. The summed E-state index contributed by atoms with van der Waals surface area (Å²) in [6.07, 6.45) is -1.16. The minimum absolute atomic E-state index is 0.175. The van der Waals surface area contributed by atoms with Crippen LogP contribution < -0.4 is 16.0 Å². The molecule has 0 spiro atoms. The molecule has 0 aliphatic rings. The normalized spacial score (nSPS) is 12.7. The SMILES string of the molecule is Cc1cc(NC(=O)C(C)(C)C)sc1C(=O)OC(C)C(=O)NC(=O)NC(C)(C)C. The summed E-state index contributed by atoms with van der Waals surface area (Å²) >= 11 is 1.07. The van der Waals surface area contributed by atoms with Gasteiger partial charge in [0.25, 0.3) is 5.91 Å². The Hall–Kier alpha value is -2.42. The quantitative estimate of drug-likeness (QED) is 0.658. The van der Waals surface area contributed by atoms with Crippen molar-refractivity contribution in [3.05, 3.63) is 16.5 Å². The van der Waals surface area contributed by atoms with Gasteiger partial charge in [-0.15, -0.1) is 11.3 Å². The molecule has 8 nitrogen and oxygen atoms in total. The standard InChI is InChI=1S/C19H29N3O5S/c1-10-9-12(20-16(25)18(3,4)5)28-13(10)15(24)27-11(2)14(23)21-17(26)22-19(6,7)8/h9,11H,1-8H3,(H,20,25)(H2,21,22,23,26). The number of rotatable bonds is 4. The summed E-state index contributed by atoms with van der Waals surface area (Å²) in [5.41, 5.74) is -0.456. The van der Waals surface area contributed by atoms with Gasteiger partial charge in [-0.25, -0.2) is 9.59 Å². The number of hydrogen-bond acceptors (Lipinski definition) is 6. The molecule has 1 heterocycles. The molecule has 3 N–H and O–H groups in total. The Morgan fingerprint density at radius 1 is 1.07 bits per heavy atom. The van der Waals surface area contributed by atoms with E-state index in [9.17, 15) is 19.2 Å². The lowest BCUT2D eigenvalue weighted by molar-refractivity contribution is -0.128. The van der Waals surface area contributed by atoms with Gasteiger partial charge in [0, 0.05) is 11.0 Å². The Morgan fingerprint density at radius 2 is 1.64 bits per heavy atom. The lowest BCUT2D eigenvalue weighted by Gasteiger charge is -2.21. The molecule has 4 amide bonds. The zero-order chi connectivity index (χ0) is 21.9. The predicted octanol–water partition coefficient (Wildman–Crippen LogP) is 3.21. The van der Waals surface area contributed by atoms with E-state index in [1.54, 1.807) is 54.5 Å². The maximum Gasteiger partial charge on any atom is 0.349 e. The van der Waals surface area contributed by atoms with Gasteiger partial charge in [0.15, 0.2) is 6.10 Å². The van der Waals surface area contributed by atoms with Crippen LogP contribution in [0.1, 0.15) is 63.7 Å². The lowest BCUT2D eigenvalue weighted by Crippen LogP contribution is -2.50. The van der Waals surface area contributed by atoms with E-state index in [1.165, 1.54) is 6.92 Å². The van der Waals surface area contributed by atoms with Gasteiger partial charge in [0.05, 0.1) is 5.00 Å². The second-order valence-electron chi connectivity index (χ2n) is 8.57. The van der Waals surface area contributed by atoms with Crippen molar-refractivity contribution in [1.82, 2.24) is 10.6 Å². The van der Waals surface area contributed by atoms with Gasteiger partial charge in [0.2, 0.25) is 5.91 Å². The van der Waals surface area contributed by atoms with Crippen LogP contribution in [0.25, 0.3) is 0 Å². The van der Waals surface area contributed by atoms with Crippen molar-refractivity contribution >= 4 is 40.2 Å². The number of anilines is 1. The molecule has 1 rings (SSSR count). The number of ether oxygens (including phenoxy) is 1. The first kappa shape index (κ1) is 23.6. The Bertz CT molecular complexity index is 772. The molecule has 0 fully saturated rings. The van der Waals surface area contributed by atoms with E-state index in [2.05, 4.69) is 16.0 Å². The molecular formula is C19H29N3O5S. The third kappa shape index (κ3) is 7.30. The summed E-state index contributed by atoms with van der Waals surface area (Å²) in [7, 11) is 0. The van der Waals surface area contributed by atoms with Crippen molar-refractivity contribution in [2.45, 2.75) is 67.0 Å². The van der Waals surface area contributed by atoms with Crippen LogP contribution in [-0.4, -0.2) is 35.5 Å². The van der Waals surface area contributed by atoms with E-state index in [0.717, 1.165) is 11.3 Å². The zero-order valence-corrected chi connectivity index (χ0v) is 18.4. The second-order valence-corrected chi connectivity index (χ2v) is 9.62. The van der Waals surface area contributed by atoms with Crippen molar-refractivity contribution < 1.29 is 23.9 Å². The van der Waals surface area contributed by atoms with Gasteiger partial charge in [-0.1, -0.05) is 20.8 Å². The summed E-state index contributed by atoms with van der Waals surface area (Å²) in [6.45, 7) is 13.8. The highest BCUT2D eigenvalue weighted by atomic mass is 32.1. The number of hydrogen-bond donors (Lipinski definition) is 3. The van der Waals surface area contributed by atoms with E-state index >= 15 is 0 Å². The number of carbonyl (C=O) groups is 4. The van der Waals surface area contributed by atoms with Crippen LogP contribution in [-0.2, 0) is 14.3 Å². The molecule has 0 saturated heterocycles. The number of aryl methyl sites for hydroxylation is 1. The maximum absolute atomic E-state index is 12.4. The highest BCUT2D eigenvalue weighted by molar-refractivity contribution is 7.18. The van der Waals surface area contributed by atoms with Crippen molar-refractivity contribution in [1.29, 1.82) is 0 Å². The van der Waals surface area contributed by atoms with Crippen LogP contribution >= 0.6 is 11.3 Å². The van der Waals surface area contributed by atoms with Gasteiger partial charge in [0.1, 0.15) is 4.88 Å². The van der Waals surface area contributed by atoms with Crippen LogP contribution in [0.4, 0.5) is 9.80 Å². The van der Waals surface area contributed by atoms with Crippen molar-refractivity contribution in [2.75, 3.05) is 5.32 Å². The first-order valence-electron chi connectivity index (χ1n) is 8.86. The summed E-state index contributed by atoms with van der Waals surface area (Å²) < 4.78 is 5.16. The molecule has 0 aliphatic carbocycles. The fraction of sp³-hybridized carbons (Fsp3) is 0.579. The Labute approximate surface area is 169 Å². The monoisotopic (exact) mass is 411 g/mol. The molecule has 0 bridgehead atoms. The predicted molar refractivity (Wildman–Crippen MR) is 108 cm³/mol. The summed E-state index contributed by atoms with van der Waals surface area (Å²) in [4.78, 5) is 48.5. The first-order chi connectivity index (χ1) is 12.6. The molecule has 1 atom stereocenters. The number of imide groups is 1. The summed E-state index contributed by atoms with van der Waals surface area (Å²) in [5.74, 6) is -1.60. The number of amides is 4. The van der Waals surface area contributed by atoms with Gasteiger partial charge < -0.3 is 15.4 Å². The highest BCUT2D eigenvalue weighted by Crippen LogP contribution is 2.29.